The van der Waals surface area contributed by atoms with Crippen molar-refractivity contribution in [2.75, 3.05) is 0 Å². The van der Waals surface area contributed by atoms with Gasteiger partial charge in [0.2, 0.25) is 0 Å². The Bertz CT molecular complexity index is 691. The second-order valence-electron chi connectivity index (χ2n) is 6.33. The van der Waals surface area contributed by atoms with Gasteiger partial charge in [0.05, 0.1) is 17.2 Å². The predicted molar refractivity (Wildman–Crippen MR) is 106 cm³/mol. The van der Waals surface area contributed by atoms with Crippen LogP contribution in [-0.2, 0) is 9.53 Å². The van der Waals surface area contributed by atoms with Crippen molar-refractivity contribution in [3.63, 3.8) is 0 Å². The van der Waals surface area contributed by atoms with Crippen LogP contribution in [0.2, 0.25) is 0 Å². The minimum Gasteiger partial charge on any atom is -0.462 e. The third kappa shape index (κ3) is 8.28. The molecule has 0 radical (unpaired) electrons. The van der Waals surface area contributed by atoms with E-state index >= 15 is 0 Å². The van der Waals surface area contributed by atoms with Crippen molar-refractivity contribution < 1.29 is 9.53 Å². The van der Waals surface area contributed by atoms with Gasteiger partial charge < -0.3 is 9.72 Å². The van der Waals surface area contributed by atoms with Gasteiger partial charge in [-0.15, -0.1) is 0 Å². The molecular formula is C21H32N2O3. The molecule has 0 saturated heterocycles. The number of hydrogen-bond donors (Lipinski definition) is 1. The number of H-pyrrole nitrogens is 1. The third-order valence-corrected chi connectivity index (χ3v) is 4.22. The van der Waals surface area contributed by atoms with Crippen LogP contribution in [0.3, 0.4) is 0 Å². The van der Waals surface area contributed by atoms with Crippen LogP contribution in [0.5, 0.6) is 0 Å². The molecule has 0 saturated carbocycles. The molecule has 1 unspecified atom stereocenters. The topological polar surface area (TPSA) is 72.1 Å². The highest BCUT2D eigenvalue weighted by Gasteiger charge is 2.10. The molecule has 0 aliphatic carbocycles. The Morgan fingerprint density at radius 2 is 1.85 bits per heavy atom. The van der Waals surface area contributed by atoms with Crippen LogP contribution < -0.4 is 5.56 Å². The largest absolute Gasteiger partial charge is 0.462 e. The maximum absolute atomic E-state index is 11.1. The van der Waals surface area contributed by atoms with Crippen molar-refractivity contribution in [1.29, 1.82) is 0 Å². The molecule has 1 atom stereocenters. The first-order valence-electron chi connectivity index (χ1n) is 9.74. The molecule has 0 aliphatic rings. The first-order valence-corrected chi connectivity index (χ1v) is 9.74. The highest BCUT2D eigenvalue weighted by molar-refractivity contribution is 5.76. The molecule has 1 aromatic carbocycles. The standard InChI is InChI=1S/C13H26O2.C8H6N2O/c1-4-7-8-9-10-11-12(5-2)15-13(14)6-3;11-8-6-3-1-2-4-7(6)9-5-10-8/h12H,4-11H2,1-3H3;1-5H,(H,9,10,11). The Labute approximate surface area is 156 Å². The van der Waals surface area contributed by atoms with E-state index in [0.29, 0.717) is 11.8 Å². The zero-order chi connectivity index (χ0) is 19.2. The lowest BCUT2D eigenvalue weighted by Crippen LogP contribution is -2.16. The fourth-order valence-corrected chi connectivity index (χ4v) is 2.61. The van der Waals surface area contributed by atoms with Crippen molar-refractivity contribution >= 4 is 16.9 Å². The molecule has 0 aliphatic heterocycles. The van der Waals surface area contributed by atoms with E-state index in [4.69, 9.17) is 4.74 Å². The second-order valence-corrected chi connectivity index (χ2v) is 6.33. The molecule has 0 bridgehead atoms. The van der Waals surface area contributed by atoms with Gasteiger partial charge in [-0.2, -0.15) is 0 Å². The highest BCUT2D eigenvalue weighted by Crippen LogP contribution is 2.12. The van der Waals surface area contributed by atoms with Crippen LogP contribution >= 0.6 is 0 Å². The van der Waals surface area contributed by atoms with E-state index in [1.54, 1.807) is 6.07 Å². The number of carbonyl (C=O) groups is 1. The van der Waals surface area contributed by atoms with Crippen molar-refractivity contribution in [2.24, 2.45) is 0 Å². The number of nitrogens with one attached hydrogen (secondary N) is 1. The lowest BCUT2D eigenvalue weighted by molar-refractivity contribution is -0.149. The molecule has 0 amide bonds. The van der Waals surface area contributed by atoms with Gasteiger partial charge in [0.15, 0.2) is 0 Å². The van der Waals surface area contributed by atoms with E-state index in [1.165, 1.54) is 38.4 Å². The number of benzene rings is 1. The minimum atomic E-state index is -0.0874. The molecular weight excluding hydrogens is 328 g/mol. The van der Waals surface area contributed by atoms with Gasteiger partial charge in [0, 0.05) is 6.42 Å². The smallest absolute Gasteiger partial charge is 0.305 e. The third-order valence-electron chi connectivity index (χ3n) is 4.22. The van der Waals surface area contributed by atoms with Crippen molar-refractivity contribution in [3.05, 3.63) is 40.9 Å². The molecule has 1 N–H and O–H groups in total. The number of rotatable bonds is 9. The molecule has 144 valence electrons. The summed E-state index contributed by atoms with van der Waals surface area (Å²) in [5.41, 5.74) is 0.645. The van der Waals surface area contributed by atoms with Gasteiger partial charge in [0.25, 0.3) is 5.56 Å². The number of aromatic nitrogens is 2. The molecule has 0 spiro atoms. The predicted octanol–water partition coefficient (Wildman–Crippen LogP) is 5.00. The Morgan fingerprint density at radius 3 is 2.50 bits per heavy atom. The molecule has 26 heavy (non-hydrogen) atoms. The number of aromatic amines is 1. The second kappa shape index (κ2) is 13.1. The number of hydrogen-bond acceptors (Lipinski definition) is 4. The van der Waals surface area contributed by atoms with Gasteiger partial charge in [-0.3, -0.25) is 9.59 Å². The van der Waals surface area contributed by atoms with E-state index in [1.807, 2.05) is 25.1 Å². The van der Waals surface area contributed by atoms with Crippen LogP contribution in [0, 0.1) is 0 Å². The number of ether oxygens (including phenoxy) is 1. The number of para-hydroxylation sites is 1. The van der Waals surface area contributed by atoms with Gasteiger partial charge >= 0.3 is 5.97 Å². The average Bonchev–Trinajstić information content (AvgIpc) is 2.67. The summed E-state index contributed by atoms with van der Waals surface area (Å²) in [6.45, 7) is 6.15. The van der Waals surface area contributed by atoms with E-state index in [2.05, 4.69) is 23.8 Å². The van der Waals surface area contributed by atoms with Crippen LogP contribution in [0.15, 0.2) is 35.4 Å². The van der Waals surface area contributed by atoms with Crippen molar-refractivity contribution in [2.45, 2.75) is 78.2 Å². The zero-order valence-corrected chi connectivity index (χ0v) is 16.3. The van der Waals surface area contributed by atoms with E-state index in [-0.39, 0.29) is 17.6 Å². The number of nitrogens with zero attached hydrogens (tertiary/aromatic N) is 1. The van der Waals surface area contributed by atoms with Gasteiger partial charge in [0.1, 0.15) is 6.10 Å². The monoisotopic (exact) mass is 360 g/mol. The molecule has 5 heteroatoms. The highest BCUT2D eigenvalue weighted by atomic mass is 16.5. The number of unbranched alkanes of at least 4 members (excludes halogenated alkanes) is 4. The van der Waals surface area contributed by atoms with Crippen LogP contribution in [0.1, 0.15) is 72.1 Å². The van der Waals surface area contributed by atoms with Crippen LogP contribution in [0.25, 0.3) is 10.9 Å². The van der Waals surface area contributed by atoms with Crippen LogP contribution in [0.4, 0.5) is 0 Å². The van der Waals surface area contributed by atoms with Crippen LogP contribution in [-0.4, -0.2) is 22.0 Å². The maximum atomic E-state index is 11.1. The summed E-state index contributed by atoms with van der Waals surface area (Å²) in [5, 5.41) is 0.634. The zero-order valence-electron chi connectivity index (χ0n) is 16.3. The van der Waals surface area contributed by atoms with E-state index in [0.717, 1.165) is 18.4 Å². The summed E-state index contributed by atoms with van der Waals surface area (Å²) in [6, 6.07) is 7.24. The SMILES string of the molecule is CCCCCCCC(CC)OC(=O)CC.O=c1[nH]cnc2ccccc12. The number of carbonyl (C=O) groups excluding carboxylic acids is 1. The van der Waals surface area contributed by atoms with Gasteiger partial charge in [-0.25, -0.2) is 4.98 Å². The number of fused-ring (bicyclic) bond motifs is 1. The number of esters is 1. The summed E-state index contributed by atoms with van der Waals surface area (Å²) in [6.07, 6.45) is 10.4. The average molecular weight is 360 g/mol. The normalized spacial score (nSPS) is 11.5. The fourth-order valence-electron chi connectivity index (χ4n) is 2.61. The molecule has 5 nitrogen and oxygen atoms in total. The molecule has 2 rings (SSSR count). The van der Waals surface area contributed by atoms with Crippen molar-refractivity contribution in [3.8, 4) is 0 Å². The van der Waals surface area contributed by atoms with E-state index < -0.39 is 0 Å². The first-order chi connectivity index (χ1) is 12.6. The quantitative estimate of drug-likeness (QED) is 0.504. The van der Waals surface area contributed by atoms with Gasteiger partial charge in [-0.05, 0) is 31.4 Å². The Balaban J connectivity index is 0.000000269. The molecule has 0 fully saturated rings. The Kier molecular flexibility index (Phi) is 11.0. The molecule has 1 heterocycles. The first kappa shape index (κ1) is 21.9. The fraction of sp³-hybridized carbons (Fsp3) is 0.571. The lowest BCUT2D eigenvalue weighted by Gasteiger charge is -2.15. The molecule has 2 aromatic rings. The summed E-state index contributed by atoms with van der Waals surface area (Å²) in [5.74, 6) is -0.0598. The maximum Gasteiger partial charge on any atom is 0.305 e. The Hall–Kier alpha value is -2.17. The summed E-state index contributed by atoms with van der Waals surface area (Å²) >= 11 is 0. The lowest BCUT2D eigenvalue weighted by atomic mass is 10.1. The summed E-state index contributed by atoms with van der Waals surface area (Å²) in [4.78, 5) is 28.7. The minimum absolute atomic E-state index is 0.0598. The van der Waals surface area contributed by atoms with Gasteiger partial charge in [-0.1, -0.05) is 58.6 Å². The van der Waals surface area contributed by atoms with E-state index in [9.17, 15) is 9.59 Å². The molecule has 1 aromatic heterocycles. The van der Waals surface area contributed by atoms with Crippen molar-refractivity contribution in [1.82, 2.24) is 9.97 Å². The summed E-state index contributed by atoms with van der Waals surface area (Å²) < 4.78 is 5.32. The summed E-state index contributed by atoms with van der Waals surface area (Å²) in [7, 11) is 0. The Morgan fingerprint density at radius 1 is 1.12 bits per heavy atom.